The van der Waals surface area contributed by atoms with E-state index in [0.717, 1.165) is 10.5 Å². The van der Waals surface area contributed by atoms with Gasteiger partial charge in [-0.15, -0.1) is 0 Å². The van der Waals surface area contributed by atoms with Gasteiger partial charge in [-0.1, -0.05) is 54.2 Å². The summed E-state index contributed by atoms with van der Waals surface area (Å²) in [5.41, 5.74) is 2.12. The third kappa shape index (κ3) is 4.71. The summed E-state index contributed by atoms with van der Waals surface area (Å²) in [6.07, 6.45) is -0.425. The van der Waals surface area contributed by atoms with Gasteiger partial charge in [0.25, 0.3) is 0 Å². The number of hydrogen-bond acceptors (Lipinski definition) is 3. The normalized spacial score (nSPS) is 12.3. The van der Waals surface area contributed by atoms with Crippen molar-refractivity contribution < 1.29 is 9.84 Å². The predicted octanol–water partition coefficient (Wildman–Crippen LogP) is 4.01. The van der Waals surface area contributed by atoms with Gasteiger partial charge in [0, 0.05) is 4.90 Å². The van der Waals surface area contributed by atoms with Gasteiger partial charge in [-0.3, -0.25) is 0 Å². The lowest BCUT2D eigenvalue weighted by molar-refractivity contribution is 0.169. The fourth-order valence-corrected chi connectivity index (χ4v) is 2.40. The molecule has 2 nitrogen and oxygen atoms in total. The Bertz CT molecular complexity index is 497. The fraction of sp³-hybridized carbons (Fsp3) is 0.250. The van der Waals surface area contributed by atoms with Crippen LogP contribution in [0.15, 0.2) is 59.5 Å². The first-order valence-electron chi connectivity index (χ1n) is 6.28. The molecule has 2 rings (SSSR count). The minimum Gasteiger partial charge on any atom is -0.389 e. The number of hydrogen-bond donors (Lipinski definition) is 1. The highest BCUT2D eigenvalue weighted by Crippen LogP contribution is 2.22. The molecule has 0 spiro atoms. The highest BCUT2D eigenvalue weighted by Gasteiger charge is 2.02. The van der Waals surface area contributed by atoms with Crippen LogP contribution >= 0.6 is 11.8 Å². The summed E-state index contributed by atoms with van der Waals surface area (Å²) in [6, 6.07) is 18.1. The standard InChI is InChI=1S/C16H18O2S/c1-13(17)15-8-5-9-16(10-15)19-12-18-11-14-6-3-2-4-7-14/h2-10,13,17H,11-12H2,1H3. The molecule has 1 unspecified atom stereocenters. The van der Waals surface area contributed by atoms with Crippen LogP contribution < -0.4 is 0 Å². The number of rotatable bonds is 6. The molecule has 3 heteroatoms. The Labute approximate surface area is 118 Å². The minimum atomic E-state index is -0.425. The Hall–Kier alpha value is -1.29. The zero-order valence-corrected chi connectivity index (χ0v) is 11.8. The number of benzene rings is 2. The van der Waals surface area contributed by atoms with Crippen molar-refractivity contribution in [2.45, 2.75) is 24.5 Å². The quantitative estimate of drug-likeness (QED) is 0.490. The van der Waals surface area contributed by atoms with Crippen molar-refractivity contribution in [1.29, 1.82) is 0 Å². The van der Waals surface area contributed by atoms with Gasteiger partial charge in [0.1, 0.15) is 0 Å². The van der Waals surface area contributed by atoms with E-state index >= 15 is 0 Å². The van der Waals surface area contributed by atoms with E-state index in [1.165, 1.54) is 5.56 Å². The molecular weight excluding hydrogens is 256 g/mol. The van der Waals surface area contributed by atoms with E-state index in [9.17, 15) is 5.11 Å². The molecule has 19 heavy (non-hydrogen) atoms. The number of aliphatic hydroxyl groups excluding tert-OH is 1. The summed E-state index contributed by atoms with van der Waals surface area (Å²) in [5.74, 6) is 0.609. The Morgan fingerprint density at radius 3 is 2.63 bits per heavy atom. The minimum absolute atomic E-state index is 0.425. The maximum Gasteiger partial charge on any atom is 0.0971 e. The van der Waals surface area contributed by atoms with E-state index in [0.29, 0.717) is 12.5 Å². The average molecular weight is 274 g/mol. The molecule has 0 heterocycles. The van der Waals surface area contributed by atoms with Crippen molar-refractivity contribution in [3.63, 3.8) is 0 Å². The first-order valence-corrected chi connectivity index (χ1v) is 7.27. The van der Waals surface area contributed by atoms with Crippen LogP contribution in [-0.2, 0) is 11.3 Å². The second-order valence-electron chi connectivity index (χ2n) is 4.34. The van der Waals surface area contributed by atoms with Crippen LogP contribution in [0.1, 0.15) is 24.2 Å². The third-order valence-corrected chi connectivity index (χ3v) is 3.63. The average Bonchev–Trinajstić information content (AvgIpc) is 2.45. The molecule has 0 saturated carbocycles. The molecule has 0 aromatic heterocycles. The molecule has 100 valence electrons. The molecule has 0 aliphatic heterocycles. The number of ether oxygens (including phenoxy) is 1. The summed E-state index contributed by atoms with van der Waals surface area (Å²) < 4.78 is 5.62. The highest BCUT2D eigenvalue weighted by molar-refractivity contribution is 7.99. The van der Waals surface area contributed by atoms with Gasteiger partial charge in [0.05, 0.1) is 18.6 Å². The van der Waals surface area contributed by atoms with Gasteiger partial charge in [-0.2, -0.15) is 0 Å². The van der Waals surface area contributed by atoms with Gasteiger partial charge in [-0.05, 0) is 30.2 Å². The summed E-state index contributed by atoms with van der Waals surface area (Å²) in [6.45, 7) is 2.40. The maximum atomic E-state index is 9.53. The van der Waals surface area contributed by atoms with E-state index in [2.05, 4.69) is 12.1 Å². The lowest BCUT2D eigenvalue weighted by atomic mass is 10.1. The Kier molecular flexibility index (Phi) is 5.45. The van der Waals surface area contributed by atoms with Crippen LogP contribution in [0, 0.1) is 0 Å². The van der Waals surface area contributed by atoms with E-state index < -0.39 is 6.10 Å². The molecule has 1 N–H and O–H groups in total. The van der Waals surface area contributed by atoms with E-state index in [1.54, 1.807) is 18.7 Å². The van der Waals surface area contributed by atoms with Gasteiger partial charge < -0.3 is 9.84 Å². The zero-order chi connectivity index (χ0) is 13.5. The fourth-order valence-electron chi connectivity index (χ4n) is 1.71. The van der Waals surface area contributed by atoms with E-state index in [-0.39, 0.29) is 0 Å². The molecule has 0 radical (unpaired) electrons. The topological polar surface area (TPSA) is 29.5 Å². The molecule has 0 aliphatic carbocycles. The van der Waals surface area contributed by atoms with Gasteiger partial charge in [0.2, 0.25) is 0 Å². The van der Waals surface area contributed by atoms with Crippen LogP contribution in [0.25, 0.3) is 0 Å². The highest BCUT2D eigenvalue weighted by atomic mass is 32.2. The van der Waals surface area contributed by atoms with Crippen molar-refractivity contribution in [2.24, 2.45) is 0 Å². The first kappa shape index (κ1) is 14.1. The van der Waals surface area contributed by atoms with Crippen LogP contribution in [0.5, 0.6) is 0 Å². The summed E-state index contributed by atoms with van der Waals surface area (Å²) in [7, 11) is 0. The van der Waals surface area contributed by atoms with Crippen LogP contribution in [0.3, 0.4) is 0 Å². The van der Waals surface area contributed by atoms with Gasteiger partial charge in [0.15, 0.2) is 0 Å². The second-order valence-corrected chi connectivity index (χ2v) is 5.34. The summed E-state index contributed by atoms with van der Waals surface area (Å²) >= 11 is 1.64. The maximum absolute atomic E-state index is 9.53. The van der Waals surface area contributed by atoms with E-state index in [4.69, 9.17) is 4.74 Å². The number of thioether (sulfide) groups is 1. The molecule has 2 aromatic carbocycles. The van der Waals surface area contributed by atoms with Crippen molar-refractivity contribution >= 4 is 11.8 Å². The molecule has 0 aliphatic rings. The van der Waals surface area contributed by atoms with Gasteiger partial charge in [-0.25, -0.2) is 0 Å². The van der Waals surface area contributed by atoms with Crippen LogP contribution in [0.2, 0.25) is 0 Å². The Morgan fingerprint density at radius 2 is 1.89 bits per heavy atom. The molecule has 1 atom stereocenters. The Morgan fingerprint density at radius 1 is 1.11 bits per heavy atom. The molecule has 2 aromatic rings. The third-order valence-electron chi connectivity index (χ3n) is 2.76. The van der Waals surface area contributed by atoms with E-state index in [1.807, 2.05) is 42.5 Å². The van der Waals surface area contributed by atoms with Crippen molar-refractivity contribution in [1.82, 2.24) is 0 Å². The lowest BCUT2D eigenvalue weighted by Gasteiger charge is -2.08. The van der Waals surface area contributed by atoms with Crippen molar-refractivity contribution in [2.75, 3.05) is 5.94 Å². The van der Waals surface area contributed by atoms with Crippen molar-refractivity contribution in [3.8, 4) is 0 Å². The first-order chi connectivity index (χ1) is 9.25. The monoisotopic (exact) mass is 274 g/mol. The molecule has 0 amide bonds. The lowest BCUT2D eigenvalue weighted by Crippen LogP contribution is -1.93. The SMILES string of the molecule is CC(O)c1cccc(SCOCc2ccccc2)c1. The Balaban J connectivity index is 1.78. The molecule has 0 fully saturated rings. The largest absolute Gasteiger partial charge is 0.389 e. The predicted molar refractivity (Wildman–Crippen MR) is 79.0 cm³/mol. The molecule has 0 saturated heterocycles. The van der Waals surface area contributed by atoms with Crippen molar-refractivity contribution in [3.05, 3.63) is 65.7 Å². The molecular formula is C16H18O2S. The zero-order valence-electron chi connectivity index (χ0n) is 11.0. The second kappa shape index (κ2) is 7.34. The smallest absolute Gasteiger partial charge is 0.0971 e. The van der Waals surface area contributed by atoms with Gasteiger partial charge >= 0.3 is 0 Å². The van der Waals surface area contributed by atoms with Crippen LogP contribution in [-0.4, -0.2) is 11.0 Å². The number of aliphatic hydroxyl groups is 1. The van der Waals surface area contributed by atoms with Crippen LogP contribution in [0.4, 0.5) is 0 Å². The molecule has 0 bridgehead atoms. The summed E-state index contributed by atoms with van der Waals surface area (Å²) in [5, 5.41) is 9.53. The summed E-state index contributed by atoms with van der Waals surface area (Å²) in [4.78, 5) is 1.12.